The summed E-state index contributed by atoms with van der Waals surface area (Å²) >= 11 is 0. The van der Waals surface area contributed by atoms with Gasteiger partial charge in [-0.3, -0.25) is 9.59 Å². The summed E-state index contributed by atoms with van der Waals surface area (Å²) in [7, 11) is -3.63. The molecule has 0 saturated carbocycles. The molecule has 0 radical (unpaired) electrons. The van der Waals surface area contributed by atoms with Gasteiger partial charge in [-0.25, -0.2) is 8.42 Å². The molecule has 25 heavy (non-hydrogen) atoms. The molecule has 0 spiro atoms. The van der Waals surface area contributed by atoms with Crippen LogP contribution >= 0.6 is 0 Å². The molecule has 0 atom stereocenters. The molecule has 1 aliphatic heterocycles. The number of amides is 1. The van der Waals surface area contributed by atoms with E-state index in [1.807, 2.05) is 0 Å². The zero-order chi connectivity index (χ0) is 18.6. The molecule has 1 N–H and O–H groups in total. The lowest BCUT2D eigenvalue weighted by molar-refractivity contribution is -0.138. The summed E-state index contributed by atoms with van der Waals surface area (Å²) < 4.78 is 31.6. The van der Waals surface area contributed by atoms with Crippen molar-refractivity contribution in [3.05, 3.63) is 29.8 Å². The monoisotopic (exact) mass is 370 g/mol. The molecule has 1 fully saturated rings. The SMILES string of the molecule is CC(C)N(CC(=O)O)C(=O)c1ccc(S(=O)(=O)N2CCOCC2)cc1. The molecule has 9 heteroatoms. The molecule has 138 valence electrons. The highest BCUT2D eigenvalue weighted by atomic mass is 32.2. The maximum atomic E-state index is 12.6. The number of carbonyl (C=O) groups is 2. The Balaban J connectivity index is 2.20. The van der Waals surface area contributed by atoms with Crippen molar-refractivity contribution in [3.8, 4) is 0 Å². The highest BCUT2D eigenvalue weighted by Crippen LogP contribution is 2.18. The van der Waals surface area contributed by atoms with Crippen LogP contribution in [0.5, 0.6) is 0 Å². The molecule has 1 saturated heterocycles. The van der Waals surface area contributed by atoms with Gasteiger partial charge in [0, 0.05) is 24.7 Å². The number of aliphatic carboxylic acids is 1. The number of hydrogen-bond acceptors (Lipinski definition) is 5. The number of carboxylic acid groups (broad SMARTS) is 1. The second kappa shape index (κ2) is 7.94. The summed E-state index contributed by atoms with van der Waals surface area (Å²) in [5.74, 6) is -1.55. The Labute approximate surface area is 147 Å². The molecule has 0 aliphatic carbocycles. The first-order valence-electron chi connectivity index (χ1n) is 7.94. The van der Waals surface area contributed by atoms with Crippen molar-refractivity contribution in [2.75, 3.05) is 32.8 Å². The Morgan fingerprint density at radius 2 is 1.76 bits per heavy atom. The zero-order valence-electron chi connectivity index (χ0n) is 14.2. The van der Waals surface area contributed by atoms with Crippen LogP contribution in [0.2, 0.25) is 0 Å². The van der Waals surface area contributed by atoms with Crippen LogP contribution in [0.15, 0.2) is 29.2 Å². The maximum Gasteiger partial charge on any atom is 0.323 e. The van der Waals surface area contributed by atoms with E-state index in [-0.39, 0.29) is 16.5 Å². The lowest BCUT2D eigenvalue weighted by Crippen LogP contribution is -2.41. The zero-order valence-corrected chi connectivity index (χ0v) is 15.0. The number of nitrogens with zero attached hydrogens (tertiary/aromatic N) is 2. The van der Waals surface area contributed by atoms with Gasteiger partial charge in [0.2, 0.25) is 10.0 Å². The molecular weight excluding hydrogens is 348 g/mol. The summed E-state index contributed by atoms with van der Waals surface area (Å²) in [4.78, 5) is 24.7. The van der Waals surface area contributed by atoms with Crippen molar-refractivity contribution >= 4 is 21.9 Å². The van der Waals surface area contributed by atoms with Crippen LogP contribution in [0.1, 0.15) is 24.2 Å². The molecule has 2 rings (SSSR count). The lowest BCUT2D eigenvalue weighted by atomic mass is 10.1. The summed E-state index contributed by atoms with van der Waals surface area (Å²) in [6, 6.07) is 5.27. The van der Waals surface area contributed by atoms with Crippen molar-refractivity contribution in [1.29, 1.82) is 0 Å². The summed E-state index contributed by atoms with van der Waals surface area (Å²) in [5.41, 5.74) is 0.246. The van der Waals surface area contributed by atoms with Crippen molar-refractivity contribution in [3.63, 3.8) is 0 Å². The largest absolute Gasteiger partial charge is 0.480 e. The highest BCUT2D eigenvalue weighted by molar-refractivity contribution is 7.89. The van der Waals surface area contributed by atoms with Crippen LogP contribution in [0.25, 0.3) is 0 Å². The molecule has 1 aromatic rings. The van der Waals surface area contributed by atoms with E-state index in [1.165, 1.54) is 33.5 Å². The van der Waals surface area contributed by atoms with E-state index in [2.05, 4.69) is 0 Å². The summed E-state index contributed by atoms with van der Waals surface area (Å²) in [6.07, 6.45) is 0. The molecule has 1 amide bonds. The Hall–Kier alpha value is -1.97. The first-order chi connectivity index (χ1) is 11.7. The predicted molar refractivity (Wildman–Crippen MR) is 89.8 cm³/mol. The van der Waals surface area contributed by atoms with Gasteiger partial charge in [0.25, 0.3) is 5.91 Å². The van der Waals surface area contributed by atoms with Crippen molar-refractivity contribution < 1.29 is 27.9 Å². The van der Waals surface area contributed by atoms with Crippen LogP contribution in [0, 0.1) is 0 Å². The third-order valence-corrected chi connectivity index (χ3v) is 5.81. The van der Waals surface area contributed by atoms with Gasteiger partial charge in [0.15, 0.2) is 0 Å². The van der Waals surface area contributed by atoms with E-state index in [1.54, 1.807) is 13.8 Å². The number of carboxylic acids is 1. The molecule has 8 nitrogen and oxygen atoms in total. The Morgan fingerprint density at radius 3 is 2.24 bits per heavy atom. The van der Waals surface area contributed by atoms with E-state index >= 15 is 0 Å². The number of hydrogen-bond donors (Lipinski definition) is 1. The van der Waals surface area contributed by atoms with E-state index in [0.717, 1.165) is 0 Å². The molecule has 1 aliphatic rings. The first kappa shape index (κ1) is 19.4. The van der Waals surface area contributed by atoms with Gasteiger partial charge in [-0.15, -0.1) is 0 Å². The minimum Gasteiger partial charge on any atom is -0.480 e. The second-order valence-electron chi connectivity index (χ2n) is 5.96. The third-order valence-electron chi connectivity index (χ3n) is 3.90. The standard InChI is InChI=1S/C16H22N2O6S/c1-12(2)18(11-15(19)20)16(21)13-3-5-14(6-4-13)25(22,23)17-7-9-24-10-8-17/h3-6,12H,7-11H2,1-2H3,(H,19,20). The van der Waals surface area contributed by atoms with Gasteiger partial charge < -0.3 is 14.7 Å². The molecule has 1 aromatic carbocycles. The lowest BCUT2D eigenvalue weighted by Gasteiger charge is -2.26. The number of carbonyl (C=O) groups excluding carboxylic acids is 1. The van der Waals surface area contributed by atoms with Crippen LogP contribution in [0.3, 0.4) is 0 Å². The molecule has 1 heterocycles. The van der Waals surface area contributed by atoms with Crippen molar-refractivity contribution in [1.82, 2.24) is 9.21 Å². The minimum absolute atomic E-state index is 0.0975. The minimum atomic E-state index is -3.63. The van der Waals surface area contributed by atoms with Gasteiger partial charge in [0.1, 0.15) is 6.54 Å². The molecule has 0 unspecified atom stereocenters. The number of ether oxygens (including phenoxy) is 1. The third kappa shape index (κ3) is 4.56. The Kier molecular flexibility index (Phi) is 6.15. The Bertz CT molecular complexity index is 723. The highest BCUT2D eigenvalue weighted by Gasteiger charge is 2.27. The number of benzene rings is 1. The normalized spacial score (nSPS) is 16.0. The van der Waals surface area contributed by atoms with Crippen LogP contribution < -0.4 is 0 Å². The summed E-state index contributed by atoms with van der Waals surface area (Å²) in [5, 5.41) is 8.93. The topological polar surface area (TPSA) is 104 Å². The first-order valence-corrected chi connectivity index (χ1v) is 9.38. The molecule has 0 bridgehead atoms. The summed E-state index contributed by atoms with van der Waals surface area (Å²) in [6.45, 7) is 4.33. The maximum absolute atomic E-state index is 12.6. The average molecular weight is 370 g/mol. The van der Waals surface area contributed by atoms with Crippen LogP contribution in [-0.2, 0) is 19.6 Å². The van der Waals surface area contributed by atoms with Crippen molar-refractivity contribution in [2.24, 2.45) is 0 Å². The fraction of sp³-hybridized carbons (Fsp3) is 0.500. The second-order valence-corrected chi connectivity index (χ2v) is 7.90. The van der Waals surface area contributed by atoms with Gasteiger partial charge >= 0.3 is 5.97 Å². The fourth-order valence-electron chi connectivity index (χ4n) is 2.51. The quantitative estimate of drug-likeness (QED) is 0.788. The Morgan fingerprint density at radius 1 is 1.20 bits per heavy atom. The van der Waals surface area contributed by atoms with E-state index < -0.39 is 28.4 Å². The predicted octanol–water partition coefficient (Wildman–Crippen LogP) is 0.643. The number of rotatable bonds is 6. The average Bonchev–Trinajstić information content (AvgIpc) is 2.59. The number of morpholine rings is 1. The van der Waals surface area contributed by atoms with Gasteiger partial charge in [-0.2, -0.15) is 4.31 Å². The number of sulfonamides is 1. The van der Waals surface area contributed by atoms with Crippen LogP contribution in [-0.4, -0.2) is 73.5 Å². The van der Waals surface area contributed by atoms with E-state index in [9.17, 15) is 18.0 Å². The van der Waals surface area contributed by atoms with Gasteiger partial charge in [-0.05, 0) is 38.1 Å². The molecule has 0 aromatic heterocycles. The van der Waals surface area contributed by atoms with Crippen molar-refractivity contribution in [2.45, 2.75) is 24.8 Å². The van der Waals surface area contributed by atoms with E-state index in [0.29, 0.717) is 26.3 Å². The molecular formula is C16H22N2O6S. The fourth-order valence-corrected chi connectivity index (χ4v) is 3.91. The van der Waals surface area contributed by atoms with Gasteiger partial charge in [0.05, 0.1) is 18.1 Å². The van der Waals surface area contributed by atoms with Gasteiger partial charge in [-0.1, -0.05) is 0 Å². The van der Waals surface area contributed by atoms with E-state index in [4.69, 9.17) is 9.84 Å². The smallest absolute Gasteiger partial charge is 0.323 e. The van der Waals surface area contributed by atoms with Crippen LogP contribution in [0.4, 0.5) is 0 Å².